The van der Waals surface area contributed by atoms with Gasteiger partial charge in [0.25, 0.3) is 0 Å². The smallest absolute Gasteiger partial charge is 0.328 e. The molecule has 0 heterocycles. The van der Waals surface area contributed by atoms with Gasteiger partial charge in [-0.2, -0.15) is 19.3 Å². The van der Waals surface area contributed by atoms with E-state index < -0.39 is 0 Å². The van der Waals surface area contributed by atoms with Crippen LogP contribution in [0.4, 0.5) is 0 Å². The van der Waals surface area contributed by atoms with E-state index >= 15 is 0 Å². The summed E-state index contributed by atoms with van der Waals surface area (Å²) >= 11 is 0. The molecule has 0 aliphatic rings. The second kappa shape index (κ2) is 12.3. The van der Waals surface area contributed by atoms with Crippen molar-refractivity contribution in [2.45, 2.75) is 27.7 Å². The van der Waals surface area contributed by atoms with Crippen LogP contribution in [0.3, 0.4) is 0 Å². The van der Waals surface area contributed by atoms with Gasteiger partial charge >= 0.3 is 21.1 Å². The van der Waals surface area contributed by atoms with Crippen LogP contribution < -0.4 is 0 Å². The Hall–Kier alpha value is -1.20. The number of hydrogen-bond donors (Lipinski definition) is 0. The Balaban J connectivity index is 0. The van der Waals surface area contributed by atoms with Crippen molar-refractivity contribution in [2.75, 3.05) is 0 Å². The maximum atomic E-state index is 5.16. The Morgan fingerprint density at radius 3 is 2.28 bits per heavy atom. The molecule has 0 aliphatic carbocycles. The van der Waals surface area contributed by atoms with Crippen molar-refractivity contribution in [2.24, 2.45) is 17.8 Å². The SMILES string of the molecule is C#CC#CC([CH-]C#CC#CC)C(C)C(C)[CH-]C.[W+2]. The summed E-state index contributed by atoms with van der Waals surface area (Å²) in [6.45, 7) is 8.15. The molecule has 0 spiro atoms. The van der Waals surface area contributed by atoms with E-state index in [1.54, 1.807) is 6.92 Å². The van der Waals surface area contributed by atoms with Crippen molar-refractivity contribution < 1.29 is 21.1 Å². The maximum absolute atomic E-state index is 5.16. The molecular weight excluding hydrogens is 388 g/mol. The minimum Gasteiger partial charge on any atom is -0.328 e. The van der Waals surface area contributed by atoms with Crippen LogP contribution in [0.15, 0.2) is 0 Å². The second-order valence-electron chi connectivity index (χ2n) is 3.80. The van der Waals surface area contributed by atoms with Crippen LogP contribution in [-0.4, -0.2) is 0 Å². The predicted octanol–water partition coefficient (Wildman–Crippen LogP) is 2.96. The fourth-order valence-corrected chi connectivity index (χ4v) is 1.31. The molecule has 0 amide bonds. The monoisotopic (exact) mass is 406 g/mol. The van der Waals surface area contributed by atoms with Gasteiger partial charge in [0, 0.05) is 0 Å². The topological polar surface area (TPSA) is 0 Å². The van der Waals surface area contributed by atoms with Crippen molar-refractivity contribution in [3.05, 3.63) is 12.8 Å². The van der Waals surface area contributed by atoms with Gasteiger partial charge < -0.3 is 6.42 Å². The minimum absolute atomic E-state index is 0. The Morgan fingerprint density at radius 2 is 1.78 bits per heavy atom. The van der Waals surface area contributed by atoms with Gasteiger partial charge in [-0.3, -0.25) is 5.92 Å². The summed E-state index contributed by atoms with van der Waals surface area (Å²) in [5.74, 6) is 20.1. The molecule has 18 heavy (non-hydrogen) atoms. The second-order valence-corrected chi connectivity index (χ2v) is 3.80. The molecule has 0 aromatic rings. The molecule has 92 valence electrons. The van der Waals surface area contributed by atoms with Crippen molar-refractivity contribution in [3.63, 3.8) is 0 Å². The van der Waals surface area contributed by atoms with Crippen LogP contribution in [0.5, 0.6) is 0 Å². The van der Waals surface area contributed by atoms with Crippen molar-refractivity contribution in [1.29, 1.82) is 0 Å². The predicted molar refractivity (Wildman–Crippen MR) is 73.9 cm³/mol. The third-order valence-corrected chi connectivity index (χ3v) is 2.76. The molecule has 3 unspecified atom stereocenters. The molecule has 0 nitrogen and oxygen atoms in total. The van der Waals surface area contributed by atoms with Gasteiger partial charge in [0.15, 0.2) is 0 Å². The van der Waals surface area contributed by atoms with Crippen molar-refractivity contribution >= 4 is 0 Å². The van der Waals surface area contributed by atoms with E-state index in [9.17, 15) is 0 Å². The molecule has 0 radical (unpaired) electrons. The molecular formula is C17H18W. The number of hydrogen-bond acceptors (Lipinski definition) is 0. The van der Waals surface area contributed by atoms with E-state index in [4.69, 9.17) is 6.42 Å². The molecule has 0 saturated heterocycles. The zero-order chi connectivity index (χ0) is 13.1. The van der Waals surface area contributed by atoms with E-state index in [1.807, 2.05) is 6.42 Å². The third kappa shape index (κ3) is 7.97. The standard InChI is InChI=1S/C17H18.W/c1-6-9-11-12-14-17(13-10-7-2)16(5)15(4)8-3;/h2,8,14-17H,1,3-5H3;/q-2;+2. The minimum atomic E-state index is 0. The van der Waals surface area contributed by atoms with E-state index in [-0.39, 0.29) is 27.0 Å². The average Bonchev–Trinajstić information content (AvgIpc) is 2.36. The quantitative estimate of drug-likeness (QED) is 0.498. The Bertz CT molecular complexity index is 434. The van der Waals surface area contributed by atoms with Crippen LogP contribution in [0, 0.1) is 78.5 Å². The van der Waals surface area contributed by atoms with Crippen LogP contribution in [-0.2, 0) is 21.1 Å². The average molecular weight is 406 g/mol. The number of rotatable bonds is 4. The van der Waals surface area contributed by atoms with Gasteiger partial charge in [0.05, 0.1) is 0 Å². The van der Waals surface area contributed by atoms with Gasteiger partial charge in [-0.25, -0.2) is 5.92 Å². The molecule has 3 atom stereocenters. The zero-order valence-corrected chi connectivity index (χ0v) is 14.3. The third-order valence-electron chi connectivity index (χ3n) is 2.76. The Kier molecular flexibility index (Phi) is 13.0. The largest absolute Gasteiger partial charge is 2.00 e. The van der Waals surface area contributed by atoms with Gasteiger partial charge in [0.2, 0.25) is 0 Å². The van der Waals surface area contributed by atoms with Crippen molar-refractivity contribution in [1.82, 2.24) is 0 Å². The summed E-state index contributed by atoms with van der Waals surface area (Å²) in [6.07, 6.45) is 9.22. The first-order valence-electron chi connectivity index (χ1n) is 5.68. The number of terminal acetylenes is 1. The molecule has 0 aromatic heterocycles. The van der Waals surface area contributed by atoms with E-state index in [0.29, 0.717) is 11.8 Å². The first kappa shape index (κ1) is 19.1. The fraction of sp³-hybridized carbons (Fsp3) is 0.412. The molecule has 1 heteroatoms. The summed E-state index contributed by atoms with van der Waals surface area (Å²) < 4.78 is 0. The zero-order valence-electron chi connectivity index (χ0n) is 11.4. The Morgan fingerprint density at radius 1 is 1.11 bits per heavy atom. The Labute approximate surface area is 127 Å². The molecule has 0 bridgehead atoms. The first-order chi connectivity index (χ1) is 8.17. The van der Waals surface area contributed by atoms with Crippen molar-refractivity contribution in [3.8, 4) is 47.9 Å². The summed E-state index contributed by atoms with van der Waals surface area (Å²) in [5, 5.41) is 0. The van der Waals surface area contributed by atoms with Gasteiger partial charge in [0.1, 0.15) is 0 Å². The van der Waals surface area contributed by atoms with Gasteiger partial charge in [-0.15, -0.1) is 18.3 Å². The van der Waals surface area contributed by atoms with E-state index in [1.165, 1.54) is 0 Å². The van der Waals surface area contributed by atoms with Gasteiger partial charge in [-0.1, -0.05) is 25.7 Å². The van der Waals surface area contributed by atoms with Crippen LogP contribution in [0.2, 0.25) is 0 Å². The molecule has 0 aromatic carbocycles. The molecule has 0 fully saturated rings. The van der Waals surface area contributed by atoms with Crippen LogP contribution in [0.1, 0.15) is 27.7 Å². The van der Waals surface area contributed by atoms with Crippen LogP contribution in [0.25, 0.3) is 0 Å². The van der Waals surface area contributed by atoms with Gasteiger partial charge in [-0.05, 0) is 24.7 Å². The summed E-state index contributed by atoms with van der Waals surface area (Å²) in [7, 11) is 0. The fourth-order valence-electron chi connectivity index (χ4n) is 1.31. The maximum Gasteiger partial charge on any atom is 2.00 e. The van der Waals surface area contributed by atoms with Crippen LogP contribution >= 0.6 is 0 Å². The molecule has 0 aliphatic heterocycles. The molecule has 0 rings (SSSR count). The normalized spacial score (nSPS) is 12.4. The summed E-state index contributed by atoms with van der Waals surface area (Å²) in [6, 6.07) is 0. The molecule has 0 N–H and O–H groups in total. The van der Waals surface area contributed by atoms with E-state index in [2.05, 4.69) is 68.6 Å². The molecule has 0 saturated carbocycles. The summed E-state index contributed by atoms with van der Waals surface area (Å²) in [4.78, 5) is 0. The summed E-state index contributed by atoms with van der Waals surface area (Å²) in [5.41, 5.74) is 0. The van der Waals surface area contributed by atoms with E-state index in [0.717, 1.165) is 0 Å². The first-order valence-corrected chi connectivity index (χ1v) is 5.68.